The minimum absolute atomic E-state index is 0.0979. The molecule has 1 aliphatic rings. The van der Waals surface area contributed by atoms with Gasteiger partial charge in [0.25, 0.3) is 0 Å². The number of halogens is 3. The summed E-state index contributed by atoms with van der Waals surface area (Å²) in [7, 11) is 1.26. The first-order valence-corrected chi connectivity index (χ1v) is 11.2. The van der Waals surface area contributed by atoms with Crippen molar-refractivity contribution in [2.75, 3.05) is 26.8 Å². The maximum Gasteiger partial charge on any atom is 0.315 e. The SMILES string of the molecule is C=C/C(=C(/c1ccc(F)cc1)N(C)C(F)F)c1nc(CC(=O)NCC2CCOCC2)cs1. The van der Waals surface area contributed by atoms with Crippen LogP contribution in [0.25, 0.3) is 11.3 Å². The highest BCUT2D eigenvalue weighted by molar-refractivity contribution is 7.11. The first-order chi connectivity index (χ1) is 15.4. The number of alkyl halides is 2. The number of carbonyl (C=O) groups excluding carboxylic acids is 1. The lowest BCUT2D eigenvalue weighted by molar-refractivity contribution is -0.120. The second-order valence-electron chi connectivity index (χ2n) is 7.54. The molecule has 1 N–H and O–H groups in total. The van der Waals surface area contributed by atoms with E-state index in [1.54, 1.807) is 5.38 Å². The van der Waals surface area contributed by atoms with Gasteiger partial charge in [0.05, 0.1) is 17.8 Å². The van der Waals surface area contributed by atoms with Crippen LogP contribution in [0.1, 0.15) is 29.1 Å². The van der Waals surface area contributed by atoms with E-state index in [0.29, 0.717) is 34.3 Å². The largest absolute Gasteiger partial charge is 0.381 e. The molecular weight excluding hydrogens is 439 g/mol. The predicted molar refractivity (Wildman–Crippen MR) is 120 cm³/mol. The Morgan fingerprint density at radius 2 is 2.03 bits per heavy atom. The molecule has 2 heterocycles. The average molecular weight is 466 g/mol. The van der Waals surface area contributed by atoms with Gasteiger partial charge in [0.2, 0.25) is 5.91 Å². The summed E-state index contributed by atoms with van der Waals surface area (Å²) in [6, 6.07) is 5.30. The number of nitrogens with zero attached hydrogens (tertiary/aromatic N) is 2. The van der Waals surface area contributed by atoms with Crippen LogP contribution in [-0.4, -0.2) is 49.1 Å². The van der Waals surface area contributed by atoms with Crippen molar-refractivity contribution in [3.63, 3.8) is 0 Å². The fourth-order valence-electron chi connectivity index (χ4n) is 3.49. The topological polar surface area (TPSA) is 54.5 Å². The monoisotopic (exact) mass is 465 g/mol. The molecule has 0 spiro atoms. The highest BCUT2D eigenvalue weighted by atomic mass is 32.1. The van der Waals surface area contributed by atoms with Gasteiger partial charge in [-0.15, -0.1) is 11.3 Å². The number of hydrogen-bond donors (Lipinski definition) is 1. The van der Waals surface area contributed by atoms with Crippen LogP contribution in [0, 0.1) is 11.7 Å². The molecule has 1 saturated heterocycles. The lowest BCUT2D eigenvalue weighted by atomic mass is 10.0. The van der Waals surface area contributed by atoms with Gasteiger partial charge in [-0.1, -0.05) is 12.7 Å². The molecule has 3 rings (SSSR count). The van der Waals surface area contributed by atoms with Crippen molar-refractivity contribution in [3.8, 4) is 0 Å². The van der Waals surface area contributed by atoms with Crippen molar-refractivity contribution < 1.29 is 22.7 Å². The molecule has 2 aromatic rings. The van der Waals surface area contributed by atoms with Gasteiger partial charge >= 0.3 is 6.55 Å². The summed E-state index contributed by atoms with van der Waals surface area (Å²) in [6.07, 6.45) is 3.41. The number of benzene rings is 1. The Labute approximate surface area is 189 Å². The number of thiazole rings is 1. The van der Waals surface area contributed by atoms with Crippen LogP contribution < -0.4 is 5.32 Å². The zero-order valence-electron chi connectivity index (χ0n) is 17.8. The van der Waals surface area contributed by atoms with Crippen LogP contribution in [-0.2, 0) is 16.0 Å². The minimum Gasteiger partial charge on any atom is -0.381 e. The number of rotatable bonds is 9. The summed E-state index contributed by atoms with van der Waals surface area (Å²) in [4.78, 5) is 17.6. The van der Waals surface area contributed by atoms with Crippen LogP contribution in [0.2, 0.25) is 0 Å². The van der Waals surface area contributed by atoms with Crippen LogP contribution in [0.15, 0.2) is 42.3 Å². The number of amides is 1. The molecule has 172 valence electrons. The number of nitrogens with one attached hydrogen (secondary N) is 1. The molecule has 0 aliphatic carbocycles. The van der Waals surface area contributed by atoms with Crippen molar-refractivity contribution in [2.24, 2.45) is 5.92 Å². The Bertz CT molecular complexity index is 954. The average Bonchev–Trinajstić information content (AvgIpc) is 3.25. The van der Waals surface area contributed by atoms with Crippen molar-refractivity contribution in [2.45, 2.75) is 25.8 Å². The number of allylic oxidation sites excluding steroid dienone is 2. The second-order valence-corrected chi connectivity index (χ2v) is 8.40. The van der Waals surface area contributed by atoms with Gasteiger partial charge in [0.1, 0.15) is 10.8 Å². The summed E-state index contributed by atoms with van der Waals surface area (Å²) < 4.78 is 45.8. The zero-order valence-corrected chi connectivity index (χ0v) is 18.6. The van der Waals surface area contributed by atoms with Gasteiger partial charge in [0, 0.05) is 37.8 Å². The Kier molecular flexibility index (Phi) is 8.46. The molecule has 0 radical (unpaired) electrons. The lowest BCUT2D eigenvalue weighted by Gasteiger charge is -2.24. The molecule has 1 aromatic heterocycles. The molecule has 0 unspecified atom stereocenters. The molecule has 1 aliphatic heterocycles. The Morgan fingerprint density at radius 1 is 1.34 bits per heavy atom. The van der Waals surface area contributed by atoms with Gasteiger partial charge in [-0.05, 0) is 48.6 Å². The van der Waals surface area contributed by atoms with Crippen LogP contribution >= 0.6 is 11.3 Å². The Hall–Kier alpha value is -2.65. The standard InChI is InChI=1S/C23H26F3N3O2S/c1-3-19(21(29(2)23(25)26)16-4-6-17(24)7-5-16)22-28-18(14-32-22)12-20(30)27-13-15-8-10-31-11-9-15/h3-7,14-15,23H,1,8-13H2,2H3,(H,27,30)/b21-19+. The first kappa shape index (κ1) is 24.0. The molecule has 1 amide bonds. The van der Waals surface area contributed by atoms with E-state index in [2.05, 4.69) is 16.9 Å². The minimum atomic E-state index is -2.78. The van der Waals surface area contributed by atoms with E-state index in [4.69, 9.17) is 4.74 Å². The molecule has 0 atom stereocenters. The van der Waals surface area contributed by atoms with Crippen molar-refractivity contribution in [1.82, 2.24) is 15.2 Å². The normalized spacial score (nSPS) is 15.4. The summed E-state index contributed by atoms with van der Waals surface area (Å²) in [5.41, 5.74) is 1.53. The highest BCUT2D eigenvalue weighted by Crippen LogP contribution is 2.33. The molecule has 9 heteroatoms. The van der Waals surface area contributed by atoms with Crippen molar-refractivity contribution in [3.05, 3.63) is 64.4 Å². The highest BCUT2D eigenvalue weighted by Gasteiger charge is 2.22. The van der Waals surface area contributed by atoms with Crippen LogP contribution in [0.4, 0.5) is 13.2 Å². The van der Waals surface area contributed by atoms with E-state index in [0.717, 1.165) is 31.0 Å². The molecule has 1 aromatic carbocycles. The summed E-state index contributed by atoms with van der Waals surface area (Å²) in [5.74, 6) is -0.186. The number of carbonyl (C=O) groups is 1. The smallest absolute Gasteiger partial charge is 0.315 e. The third-order valence-corrected chi connectivity index (χ3v) is 6.20. The van der Waals surface area contributed by atoms with Gasteiger partial charge in [-0.25, -0.2) is 9.37 Å². The van der Waals surface area contributed by atoms with Crippen molar-refractivity contribution in [1.29, 1.82) is 0 Å². The fraction of sp³-hybridized carbons (Fsp3) is 0.391. The van der Waals surface area contributed by atoms with Gasteiger partial charge in [-0.3, -0.25) is 4.79 Å². The maximum absolute atomic E-state index is 13.6. The van der Waals surface area contributed by atoms with Crippen LogP contribution in [0.5, 0.6) is 0 Å². The fourth-order valence-corrected chi connectivity index (χ4v) is 4.35. The van der Waals surface area contributed by atoms with Gasteiger partial charge in [-0.2, -0.15) is 8.78 Å². The zero-order chi connectivity index (χ0) is 23.1. The van der Waals surface area contributed by atoms with Crippen LogP contribution in [0.3, 0.4) is 0 Å². The second kappa shape index (κ2) is 11.3. The molecule has 0 bridgehead atoms. The number of hydrogen-bond acceptors (Lipinski definition) is 5. The van der Waals surface area contributed by atoms with Gasteiger partial charge in [0.15, 0.2) is 0 Å². The van der Waals surface area contributed by atoms with E-state index in [-0.39, 0.29) is 18.0 Å². The Morgan fingerprint density at radius 3 is 2.66 bits per heavy atom. The molecule has 5 nitrogen and oxygen atoms in total. The lowest BCUT2D eigenvalue weighted by Crippen LogP contribution is -2.33. The summed E-state index contributed by atoms with van der Waals surface area (Å²) >= 11 is 1.24. The van der Waals surface area contributed by atoms with E-state index in [1.807, 2.05) is 0 Å². The third-order valence-electron chi connectivity index (χ3n) is 5.27. The van der Waals surface area contributed by atoms with E-state index >= 15 is 0 Å². The molecular formula is C23H26F3N3O2S. The maximum atomic E-state index is 13.6. The predicted octanol–water partition coefficient (Wildman–Crippen LogP) is 4.58. The van der Waals surface area contributed by atoms with E-state index in [1.165, 1.54) is 48.7 Å². The number of ether oxygens (including phenoxy) is 1. The van der Waals surface area contributed by atoms with E-state index in [9.17, 15) is 18.0 Å². The van der Waals surface area contributed by atoms with E-state index < -0.39 is 12.4 Å². The quantitative estimate of drug-likeness (QED) is 0.435. The third kappa shape index (κ3) is 6.20. The first-order valence-electron chi connectivity index (χ1n) is 10.3. The molecule has 0 saturated carbocycles. The summed E-state index contributed by atoms with van der Waals surface area (Å²) in [6.45, 7) is 3.03. The molecule has 32 heavy (non-hydrogen) atoms. The van der Waals surface area contributed by atoms with Gasteiger partial charge < -0.3 is 15.0 Å². The Balaban J connectivity index is 1.79. The number of aromatic nitrogens is 1. The summed E-state index contributed by atoms with van der Waals surface area (Å²) in [5, 5.41) is 5.13. The molecule has 1 fully saturated rings. The van der Waals surface area contributed by atoms with Crippen molar-refractivity contribution >= 4 is 28.5 Å².